The summed E-state index contributed by atoms with van der Waals surface area (Å²) in [6, 6.07) is 0. The molecule has 0 spiro atoms. The fourth-order valence-corrected chi connectivity index (χ4v) is 4.09. The fraction of sp³-hybridized carbons (Fsp3) is 1.00. The first-order valence-electron chi connectivity index (χ1n) is 13.1. The molecule has 0 aliphatic carbocycles. The van der Waals surface area contributed by atoms with E-state index in [-0.39, 0.29) is 6.10 Å². The van der Waals surface area contributed by atoms with Crippen LogP contribution in [0.1, 0.15) is 155 Å². The van der Waals surface area contributed by atoms with E-state index in [2.05, 4.69) is 6.92 Å². The Balaban J connectivity index is 3.11. The lowest BCUT2D eigenvalue weighted by molar-refractivity contribution is 0.147. The predicted octanol–water partition coefficient (Wildman–Crippen LogP) is 8.33. The van der Waals surface area contributed by atoms with Crippen LogP contribution in [-0.4, -0.2) is 22.9 Å². The van der Waals surface area contributed by atoms with Gasteiger partial charge in [-0.2, -0.15) is 0 Å². The van der Waals surface area contributed by atoms with Gasteiger partial charge in [-0.15, -0.1) is 0 Å². The Kier molecular flexibility index (Phi) is 24.9. The third-order valence-corrected chi connectivity index (χ3v) is 6.09. The maximum atomic E-state index is 10.1. The van der Waals surface area contributed by atoms with Gasteiger partial charge in [0.05, 0.1) is 6.10 Å². The van der Waals surface area contributed by atoms with Crippen molar-refractivity contribution >= 4 is 0 Å². The van der Waals surface area contributed by atoms with E-state index in [0.717, 1.165) is 19.3 Å². The van der Waals surface area contributed by atoms with Crippen LogP contribution in [0.15, 0.2) is 0 Å². The van der Waals surface area contributed by atoms with Gasteiger partial charge in [-0.25, -0.2) is 0 Å². The van der Waals surface area contributed by atoms with Crippen molar-refractivity contribution < 1.29 is 10.2 Å². The number of aliphatic hydroxyl groups is 2. The van der Waals surface area contributed by atoms with Gasteiger partial charge in [-0.1, -0.05) is 135 Å². The highest BCUT2D eigenvalue weighted by Gasteiger charge is 2.03. The Morgan fingerprint density at radius 3 is 1.04 bits per heavy atom. The minimum Gasteiger partial charge on any atom is -0.396 e. The van der Waals surface area contributed by atoms with Crippen molar-refractivity contribution in [1.82, 2.24) is 0 Å². The van der Waals surface area contributed by atoms with E-state index in [1.165, 1.54) is 128 Å². The zero-order valence-electron chi connectivity index (χ0n) is 19.4. The maximum Gasteiger partial charge on any atom is 0.0540 e. The van der Waals surface area contributed by atoms with Crippen molar-refractivity contribution in [2.45, 2.75) is 161 Å². The molecule has 0 heterocycles. The molecule has 0 aromatic rings. The third-order valence-electron chi connectivity index (χ3n) is 6.09. The molecule has 2 heteroatoms. The lowest BCUT2D eigenvalue weighted by Gasteiger charge is -2.10. The average molecular weight is 399 g/mol. The maximum absolute atomic E-state index is 10.1. The van der Waals surface area contributed by atoms with Crippen molar-refractivity contribution in [1.29, 1.82) is 0 Å². The largest absolute Gasteiger partial charge is 0.396 e. The number of unbranched alkanes of at least 4 members (excludes halogenated alkanes) is 19. The molecule has 28 heavy (non-hydrogen) atoms. The highest BCUT2D eigenvalue weighted by atomic mass is 16.3. The van der Waals surface area contributed by atoms with Crippen LogP contribution in [-0.2, 0) is 0 Å². The Morgan fingerprint density at radius 1 is 0.429 bits per heavy atom. The summed E-state index contributed by atoms with van der Waals surface area (Å²) in [5.74, 6) is 0. The van der Waals surface area contributed by atoms with Crippen LogP contribution in [0.2, 0.25) is 0 Å². The second-order valence-electron chi connectivity index (χ2n) is 9.03. The van der Waals surface area contributed by atoms with E-state index in [0.29, 0.717) is 6.61 Å². The van der Waals surface area contributed by atoms with Crippen LogP contribution < -0.4 is 0 Å². The molecule has 0 aliphatic rings. The van der Waals surface area contributed by atoms with E-state index in [9.17, 15) is 5.11 Å². The molecule has 2 N–H and O–H groups in total. The van der Waals surface area contributed by atoms with Gasteiger partial charge in [0, 0.05) is 6.61 Å². The first-order chi connectivity index (χ1) is 13.8. The molecule has 0 aromatic carbocycles. The van der Waals surface area contributed by atoms with E-state index >= 15 is 0 Å². The van der Waals surface area contributed by atoms with Crippen LogP contribution in [0, 0.1) is 0 Å². The summed E-state index contributed by atoms with van der Waals surface area (Å²) < 4.78 is 0. The molecule has 1 atom stereocenters. The summed E-state index contributed by atoms with van der Waals surface area (Å²) in [6.07, 6.45) is 29.9. The quantitative estimate of drug-likeness (QED) is 0.160. The zero-order chi connectivity index (χ0) is 20.5. The summed E-state index contributed by atoms with van der Waals surface area (Å²) >= 11 is 0. The summed E-state index contributed by atoms with van der Waals surface area (Å²) in [5, 5.41) is 18.8. The molecule has 0 saturated carbocycles. The highest BCUT2D eigenvalue weighted by Crippen LogP contribution is 2.16. The molecular weight excluding hydrogens is 344 g/mol. The molecule has 0 radical (unpaired) electrons. The molecule has 0 unspecified atom stereocenters. The molecule has 0 bridgehead atoms. The molecule has 0 aliphatic heterocycles. The van der Waals surface area contributed by atoms with Crippen LogP contribution in [0.3, 0.4) is 0 Å². The normalized spacial score (nSPS) is 12.5. The van der Waals surface area contributed by atoms with Crippen LogP contribution in [0.5, 0.6) is 0 Å². The second-order valence-corrected chi connectivity index (χ2v) is 9.03. The summed E-state index contributed by atoms with van der Waals surface area (Å²) in [4.78, 5) is 0. The minimum atomic E-state index is -0.0440. The number of hydrogen-bond acceptors (Lipinski definition) is 2. The summed E-state index contributed by atoms with van der Waals surface area (Å²) in [7, 11) is 0. The third kappa shape index (κ3) is 24.0. The van der Waals surface area contributed by atoms with Crippen molar-refractivity contribution in [2.24, 2.45) is 0 Å². The summed E-state index contributed by atoms with van der Waals surface area (Å²) in [5.41, 5.74) is 0. The molecule has 0 fully saturated rings. The first kappa shape index (κ1) is 27.9. The van der Waals surface area contributed by atoms with Gasteiger partial charge in [0.1, 0.15) is 0 Å². The van der Waals surface area contributed by atoms with E-state index < -0.39 is 0 Å². The SMILES string of the molecule is CCCCCCCCCC[C@H](O)CCCCCCCCCCCCCCCO. The molecule has 2 nitrogen and oxygen atoms in total. The molecule has 0 saturated heterocycles. The number of rotatable bonds is 24. The first-order valence-corrected chi connectivity index (χ1v) is 13.1. The van der Waals surface area contributed by atoms with Crippen LogP contribution in [0.25, 0.3) is 0 Å². The van der Waals surface area contributed by atoms with Gasteiger partial charge in [-0.3, -0.25) is 0 Å². The molecular formula is C26H54O2. The Labute approximate surface area is 177 Å². The Bertz CT molecular complexity index is 267. The topological polar surface area (TPSA) is 40.5 Å². The minimum absolute atomic E-state index is 0.0440. The van der Waals surface area contributed by atoms with Crippen LogP contribution >= 0.6 is 0 Å². The van der Waals surface area contributed by atoms with Crippen molar-refractivity contribution in [2.75, 3.05) is 6.61 Å². The lowest BCUT2D eigenvalue weighted by Crippen LogP contribution is -2.05. The smallest absolute Gasteiger partial charge is 0.0540 e. The van der Waals surface area contributed by atoms with Gasteiger partial charge >= 0.3 is 0 Å². The standard InChI is InChI=1S/C26H54O2/c1-2-3-4-5-6-14-17-20-23-26(28)24-21-18-15-12-10-8-7-9-11-13-16-19-22-25-27/h26-28H,2-25H2,1H3/t26-/m0/s1. The predicted molar refractivity (Wildman–Crippen MR) is 125 cm³/mol. The highest BCUT2D eigenvalue weighted by molar-refractivity contribution is 4.58. The molecule has 0 rings (SSSR count). The van der Waals surface area contributed by atoms with Gasteiger partial charge < -0.3 is 10.2 Å². The second kappa shape index (κ2) is 25.0. The summed E-state index contributed by atoms with van der Waals surface area (Å²) in [6.45, 7) is 2.63. The number of aliphatic hydroxyl groups excluding tert-OH is 2. The molecule has 0 aromatic heterocycles. The van der Waals surface area contributed by atoms with E-state index in [1.54, 1.807) is 0 Å². The van der Waals surface area contributed by atoms with E-state index in [1.807, 2.05) is 0 Å². The van der Waals surface area contributed by atoms with Gasteiger partial charge in [0.15, 0.2) is 0 Å². The van der Waals surface area contributed by atoms with Gasteiger partial charge in [0.25, 0.3) is 0 Å². The van der Waals surface area contributed by atoms with Crippen molar-refractivity contribution in [3.05, 3.63) is 0 Å². The van der Waals surface area contributed by atoms with Crippen molar-refractivity contribution in [3.63, 3.8) is 0 Å². The Hall–Kier alpha value is -0.0800. The van der Waals surface area contributed by atoms with Crippen molar-refractivity contribution in [3.8, 4) is 0 Å². The zero-order valence-corrected chi connectivity index (χ0v) is 19.4. The average Bonchev–Trinajstić information content (AvgIpc) is 2.70. The number of hydrogen-bond donors (Lipinski definition) is 2. The van der Waals surface area contributed by atoms with Gasteiger partial charge in [0.2, 0.25) is 0 Å². The van der Waals surface area contributed by atoms with E-state index in [4.69, 9.17) is 5.11 Å². The lowest BCUT2D eigenvalue weighted by atomic mass is 10.0. The molecule has 170 valence electrons. The Morgan fingerprint density at radius 2 is 0.714 bits per heavy atom. The van der Waals surface area contributed by atoms with Crippen LogP contribution in [0.4, 0.5) is 0 Å². The monoisotopic (exact) mass is 398 g/mol. The fourth-order valence-electron chi connectivity index (χ4n) is 4.09. The molecule has 0 amide bonds. The van der Waals surface area contributed by atoms with Gasteiger partial charge in [-0.05, 0) is 19.3 Å².